The first-order valence-electron chi connectivity index (χ1n) is 10.2. The lowest BCUT2D eigenvalue weighted by molar-refractivity contribution is 0.268. The Morgan fingerprint density at radius 3 is 2.90 bits per heavy atom. The van der Waals surface area contributed by atoms with Crippen molar-refractivity contribution in [2.75, 3.05) is 25.4 Å². The van der Waals surface area contributed by atoms with E-state index in [2.05, 4.69) is 36.6 Å². The van der Waals surface area contributed by atoms with E-state index >= 15 is 0 Å². The summed E-state index contributed by atoms with van der Waals surface area (Å²) in [6, 6.07) is 5.23. The van der Waals surface area contributed by atoms with E-state index in [1.807, 2.05) is 6.92 Å². The Morgan fingerprint density at radius 1 is 1.32 bits per heavy atom. The number of hydrogen-bond acceptors (Lipinski definition) is 8. The molecule has 3 heterocycles. The Balaban J connectivity index is 1.62. The highest BCUT2D eigenvalue weighted by atomic mass is 32.2. The Kier molecular flexibility index (Phi) is 5.99. The normalized spacial score (nSPS) is 17.3. The average Bonchev–Trinajstić information content (AvgIpc) is 3.45. The fourth-order valence-electron chi connectivity index (χ4n) is 3.88. The van der Waals surface area contributed by atoms with Crippen LogP contribution in [0.25, 0.3) is 17.1 Å². The zero-order valence-electron chi connectivity index (χ0n) is 17.6. The Hall–Kier alpha value is -2.89. The molecule has 164 valence electrons. The van der Waals surface area contributed by atoms with E-state index in [4.69, 9.17) is 5.73 Å². The van der Waals surface area contributed by atoms with Gasteiger partial charge in [-0.05, 0) is 50.6 Å². The average molecular weight is 443 g/mol. The molecule has 0 amide bonds. The number of sulfonamides is 1. The number of likely N-dealkylation sites (N-methyl/N-ethyl adjacent to an activating group) is 1. The topological polar surface area (TPSA) is 132 Å². The summed E-state index contributed by atoms with van der Waals surface area (Å²) < 4.78 is 30.2. The van der Waals surface area contributed by atoms with Crippen molar-refractivity contribution < 1.29 is 8.42 Å². The lowest BCUT2D eigenvalue weighted by Gasteiger charge is -2.23. The highest BCUT2D eigenvalue weighted by molar-refractivity contribution is 7.89. The second-order valence-electron chi connectivity index (χ2n) is 7.56. The minimum absolute atomic E-state index is 0.190. The molecular formula is C20H26N8O2S. The summed E-state index contributed by atoms with van der Waals surface area (Å²) in [4.78, 5) is 15.2. The van der Waals surface area contributed by atoms with Gasteiger partial charge in [-0.15, -0.1) is 0 Å². The molecule has 1 atom stereocenters. The van der Waals surface area contributed by atoms with Crippen LogP contribution in [0.1, 0.15) is 25.3 Å². The molecule has 1 fully saturated rings. The third-order valence-electron chi connectivity index (χ3n) is 5.63. The Bertz CT molecular complexity index is 1160. The molecule has 0 radical (unpaired) electrons. The number of nitrogen functional groups attached to an aromatic ring is 1. The zero-order valence-corrected chi connectivity index (χ0v) is 18.4. The molecule has 0 unspecified atom stereocenters. The number of rotatable bonds is 7. The maximum Gasteiger partial charge on any atom is 0.240 e. The number of benzene rings is 1. The smallest absolute Gasteiger partial charge is 0.240 e. The molecule has 1 aromatic carbocycles. The van der Waals surface area contributed by atoms with Gasteiger partial charge >= 0.3 is 0 Å². The zero-order chi connectivity index (χ0) is 22.0. The van der Waals surface area contributed by atoms with Crippen molar-refractivity contribution in [3.63, 3.8) is 0 Å². The lowest BCUT2D eigenvalue weighted by atomic mass is 10.1. The SMILES string of the molecule is CCN1CCC[C@@H]1CNS(=O)(=O)c1ccc(C)c(-c2cnc(N)c(-n3cncn3)n2)c1. The molecule has 11 heteroatoms. The number of likely N-dealkylation sites (tertiary alicyclic amines) is 1. The van der Waals surface area contributed by atoms with Crippen molar-refractivity contribution >= 4 is 15.8 Å². The van der Waals surface area contributed by atoms with Crippen LogP contribution in [0.15, 0.2) is 41.9 Å². The van der Waals surface area contributed by atoms with Crippen LogP contribution in [0.4, 0.5) is 5.82 Å². The molecule has 1 saturated heterocycles. The minimum Gasteiger partial charge on any atom is -0.381 e. The molecule has 0 spiro atoms. The van der Waals surface area contributed by atoms with E-state index in [1.54, 1.807) is 18.2 Å². The number of aromatic nitrogens is 5. The van der Waals surface area contributed by atoms with Gasteiger partial charge in [0.1, 0.15) is 12.7 Å². The van der Waals surface area contributed by atoms with Gasteiger partial charge < -0.3 is 5.73 Å². The van der Waals surface area contributed by atoms with Gasteiger partial charge in [-0.1, -0.05) is 13.0 Å². The fourth-order valence-corrected chi connectivity index (χ4v) is 4.98. The number of aryl methyl sites for hydroxylation is 1. The molecular weight excluding hydrogens is 416 g/mol. The molecule has 31 heavy (non-hydrogen) atoms. The van der Waals surface area contributed by atoms with Gasteiger partial charge in [-0.25, -0.2) is 28.1 Å². The monoisotopic (exact) mass is 442 g/mol. The summed E-state index contributed by atoms with van der Waals surface area (Å²) in [7, 11) is -3.67. The molecule has 3 aromatic rings. The molecule has 0 aliphatic carbocycles. The van der Waals surface area contributed by atoms with E-state index < -0.39 is 10.0 Å². The Morgan fingerprint density at radius 2 is 2.16 bits per heavy atom. The van der Waals surface area contributed by atoms with Crippen LogP contribution in [0.5, 0.6) is 0 Å². The van der Waals surface area contributed by atoms with Gasteiger partial charge in [0, 0.05) is 18.2 Å². The second-order valence-corrected chi connectivity index (χ2v) is 9.32. The second kappa shape index (κ2) is 8.69. The number of hydrogen-bond donors (Lipinski definition) is 2. The first kappa shape index (κ1) is 21.3. The largest absolute Gasteiger partial charge is 0.381 e. The maximum atomic E-state index is 13.0. The number of nitrogens with two attached hydrogens (primary N) is 1. The molecule has 0 saturated carbocycles. The van der Waals surface area contributed by atoms with E-state index in [0.29, 0.717) is 23.6 Å². The van der Waals surface area contributed by atoms with Crippen molar-refractivity contribution in [3.05, 3.63) is 42.6 Å². The van der Waals surface area contributed by atoms with Crippen LogP contribution < -0.4 is 10.5 Å². The van der Waals surface area contributed by atoms with Crippen molar-refractivity contribution in [1.82, 2.24) is 34.4 Å². The molecule has 1 aliphatic rings. The number of nitrogens with zero attached hydrogens (tertiary/aromatic N) is 6. The molecule has 3 N–H and O–H groups in total. The van der Waals surface area contributed by atoms with Crippen LogP contribution in [0, 0.1) is 6.92 Å². The van der Waals surface area contributed by atoms with Crippen molar-refractivity contribution in [1.29, 1.82) is 0 Å². The van der Waals surface area contributed by atoms with Gasteiger partial charge in [0.2, 0.25) is 10.0 Å². The quantitative estimate of drug-likeness (QED) is 0.561. The highest BCUT2D eigenvalue weighted by Crippen LogP contribution is 2.26. The van der Waals surface area contributed by atoms with Gasteiger partial charge in [0.15, 0.2) is 11.6 Å². The van der Waals surface area contributed by atoms with Crippen molar-refractivity contribution in [2.24, 2.45) is 0 Å². The van der Waals surface area contributed by atoms with Gasteiger partial charge in [0.25, 0.3) is 0 Å². The summed E-state index contributed by atoms with van der Waals surface area (Å²) >= 11 is 0. The number of nitrogens with one attached hydrogen (secondary N) is 1. The molecule has 4 rings (SSSR count). The summed E-state index contributed by atoms with van der Waals surface area (Å²) in [5.74, 6) is 0.538. The highest BCUT2D eigenvalue weighted by Gasteiger charge is 2.25. The fraction of sp³-hybridized carbons (Fsp3) is 0.400. The van der Waals surface area contributed by atoms with Crippen LogP contribution in [0.2, 0.25) is 0 Å². The van der Waals surface area contributed by atoms with Crippen LogP contribution in [-0.4, -0.2) is 63.7 Å². The van der Waals surface area contributed by atoms with Gasteiger partial charge in [-0.2, -0.15) is 9.78 Å². The number of anilines is 1. The Labute approximate surface area is 181 Å². The first-order valence-corrected chi connectivity index (χ1v) is 11.7. The van der Waals surface area contributed by atoms with Crippen molar-refractivity contribution in [3.8, 4) is 17.1 Å². The molecule has 1 aliphatic heterocycles. The van der Waals surface area contributed by atoms with E-state index in [-0.39, 0.29) is 16.8 Å². The standard InChI is InChI=1S/C20H26N8O2S/c1-3-27-8-4-5-15(27)10-25-31(29,30)16-7-6-14(2)17(9-16)18-11-23-19(21)20(26-18)28-13-22-12-24-28/h6-7,9,11-13,15,25H,3-5,8,10H2,1-2H3,(H2,21,23)/t15-/m1/s1. The maximum absolute atomic E-state index is 13.0. The van der Waals surface area contributed by atoms with E-state index in [1.165, 1.54) is 23.5 Å². The van der Waals surface area contributed by atoms with E-state index in [9.17, 15) is 8.42 Å². The lowest BCUT2D eigenvalue weighted by Crippen LogP contribution is -2.40. The molecule has 0 bridgehead atoms. The van der Waals surface area contributed by atoms with Crippen LogP contribution in [-0.2, 0) is 10.0 Å². The van der Waals surface area contributed by atoms with Crippen LogP contribution in [0.3, 0.4) is 0 Å². The minimum atomic E-state index is -3.67. The summed E-state index contributed by atoms with van der Waals surface area (Å²) in [5.41, 5.74) is 7.98. The predicted octanol–water partition coefficient (Wildman–Crippen LogP) is 1.38. The van der Waals surface area contributed by atoms with E-state index in [0.717, 1.165) is 31.5 Å². The predicted molar refractivity (Wildman–Crippen MR) is 117 cm³/mol. The third-order valence-corrected chi connectivity index (χ3v) is 7.05. The molecule has 10 nitrogen and oxygen atoms in total. The van der Waals surface area contributed by atoms with Gasteiger partial charge in [-0.3, -0.25) is 4.90 Å². The molecule has 2 aromatic heterocycles. The third kappa shape index (κ3) is 4.43. The summed E-state index contributed by atoms with van der Waals surface area (Å²) in [6.07, 6.45) is 6.48. The summed E-state index contributed by atoms with van der Waals surface area (Å²) in [5, 5.41) is 4.05. The van der Waals surface area contributed by atoms with Gasteiger partial charge in [0.05, 0.1) is 16.8 Å². The van der Waals surface area contributed by atoms with Crippen molar-refractivity contribution in [2.45, 2.75) is 37.6 Å². The first-order chi connectivity index (χ1) is 14.9. The van der Waals surface area contributed by atoms with Crippen LogP contribution >= 0.6 is 0 Å². The summed E-state index contributed by atoms with van der Waals surface area (Å²) in [6.45, 7) is 6.33.